The Bertz CT molecular complexity index is 1000. The van der Waals surface area contributed by atoms with E-state index in [9.17, 15) is 0 Å². The number of benzene rings is 1. The van der Waals surface area contributed by atoms with Gasteiger partial charge in [-0.2, -0.15) is 5.10 Å². The number of aliphatic hydroxyl groups is 1. The molecule has 4 rings (SSSR count). The number of nitrogens with zero attached hydrogens (tertiary/aromatic N) is 3. The highest BCUT2D eigenvalue weighted by Crippen LogP contribution is 2.35. The zero-order valence-corrected chi connectivity index (χ0v) is 14.7. The quantitative estimate of drug-likeness (QED) is 0.566. The molecule has 2 N–H and O–H groups in total. The first-order valence-corrected chi connectivity index (χ1v) is 9.10. The Kier molecular flexibility index (Phi) is 4.29. The maximum atomic E-state index is 9.10. The largest absolute Gasteiger partial charge is 0.390 e. The summed E-state index contributed by atoms with van der Waals surface area (Å²) in [5.74, 6) is 0. The lowest BCUT2D eigenvalue weighted by Gasteiger charge is -1.99. The highest BCUT2D eigenvalue weighted by Gasteiger charge is 2.14. The fraction of sp³-hybridized carbons (Fsp3) is 0.211. The lowest BCUT2D eigenvalue weighted by atomic mass is 10.1. The average molecular weight is 350 g/mol. The summed E-state index contributed by atoms with van der Waals surface area (Å²) in [5, 5.41) is 18.9. The highest BCUT2D eigenvalue weighted by molar-refractivity contribution is 7.18. The molecular formula is C19H18N4OS. The van der Waals surface area contributed by atoms with Gasteiger partial charge in [0.15, 0.2) is 0 Å². The van der Waals surface area contributed by atoms with Crippen LogP contribution < -0.4 is 0 Å². The number of rotatable bonds is 5. The van der Waals surface area contributed by atoms with Crippen molar-refractivity contribution in [3.63, 3.8) is 0 Å². The molecule has 3 heterocycles. The van der Waals surface area contributed by atoms with Gasteiger partial charge in [0.25, 0.3) is 0 Å². The van der Waals surface area contributed by atoms with Crippen molar-refractivity contribution in [2.24, 2.45) is 0 Å². The standard InChI is InChI=1S/C19H18N4OS/c1-2-4-12-5-3-6-15-17(12)22-23-18(15)16-10-21-19(25-16)13-7-8-14(11-24)20-9-13/h3,5-10,24H,2,4,11H2,1H3,(H,22,23). The molecule has 25 heavy (non-hydrogen) atoms. The molecule has 0 unspecified atom stereocenters. The van der Waals surface area contributed by atoms with Crippen LogP contribution in [0.25, 0.3) is 32.0 Å². The molecule has 0 saturated carbocycles. The van der Waals surface area contributed by atoms with E-state index in [2.05, 4.69) is 45.3 Å². The van der Waals surface area contributed by atoms with Crippen LogP contribution >= 0.6 is 11.3 Å². The van der Waals surface area contributed by atoms with Crippen molar-refractivity contribution in [1.82, 2.24) is 20.2 Å². The van der Waals surface area contributed by atoms with Crippen molar-refractivity contribution in [2.45, 2.75) is 26.4 Å². The number of aliphatic hydroxyl groups excluding tert-OH is 1. The lowest BCUT2D eigenvalue weighted by molar-refractivity contribution is 0.277. The molecule has 4 aromatic rings. The van der Waals surface area contributed by atoms with E-state index in [0.29, 0.717) is 5.69 Å². The van der Waals surface area contributed by atoms with Crippen molar-refractivity contribution in [2.75, 3.05) is 0 Å². The molecule has 0 bridgehead atoms. The molecule has 126 valence electrons. The molecule has 0 amide bonds. The summed E-state index contributed by atoms with van der Waals surface area (Å²) in [7, 11) is 0. The van der Waals surface area contributed by atoms with Crippen molar-refractivity contribution in [1.29, 1.82) is 0 Å². The van der Waals surface area contributed by atoms with Gasteiger partial charge < -0.3 is 5.11 Å². The zero-order chi connectivity index (χ0) is 17.2. The molecule has 0 radical (unpaired) electrons. The lowest BCUT2D eigenvalue weighted by Crippen LogP contribution is -1.87. The van der Waals surface area contributed by atoms with E-state index < -0.39 is 0 Å². The van der Waals surface area contributed by atoms with Gasteiger partial charge in [-0.3, -0.25) is 10.1 Å². The monoisotopic (exact) mass is 350 g/mol. The first-order valence-electron chi connectivity index (χ1n) is 8.28. The molecule has 0 aliphatic heterocycles. The normalized spacial score (nSPS) is 11.3. The summed E-state index contributed by atoms with van der Waals surface area (Å²) in [6, 6.07) is 10.1. The van der Waals surface area contributed by atoms with Gasteiger partial charge in [0, 0.05) is 23.3 Å². The molecule has 5 nitrogen and oxygen atoms in total. The number of fused-ring (bicyclic) bond motifs is 1. The number of hydrogen-bond acceptors (Lipinski definition) is 5. The number of aromatic nitrogens is 4. The van der Waals surface area contributed by atoms with Gasteiger partial charge in [-0.15, -0.1) is 11.3 Å². The molecule has 1 aromatic carbocycles. The number of thiazole rings is 1. The molecule has 0 atom stereocenters. The van der Waals surface area contributed by atoms with Crippen molar-refractivity contribution in [3.05, 3.63) is 54.0 Å². The van der Waals surface area contributed by atoms with Crippen LogP contribution in [-0.4, -0.2) is 25.3 Å². The second-order valence-corrected chi connectivity index (χ2v) is 6.92. The number of aromatic amines is 1. The van der Waals surface area contributed by atoms with E-state index in [4.69, 9.17) is 5.11 Å². The topological polar surface area (TPSA) is 74.7 Å². The Morgan fingerprint density at radius 3 is 2.80 bits per heavy atom. The van der Waals surface area contributed by atoms with E-state index in [1.807, 2.05) is 18.3 Å². The fourth-order valence-corrected chi connectivity index (χ4v) is 3.84. The van der Waals surface area contributed by atoms with E-state index in [1.54, 1.807) is 17.5 Å². The third-order valence-electron chi connectivity index (χ3n) is 4.17. The first-order chi connectivity index (χ1) is 12.3. The second kappa shape index (κ2) is 6.74. The van der Waals surface area contributed by atoms with Crippen LogP contribution in [0.3, 0.4) is 0 Å². The number of para-hydroxylation sites is 1. The Morgan fingerprint density at radius 1 is 1.12 bits per heavy atom. The van der Waals surface area contributed by atoms with Gasteiger partial charge in [-0.05, 0) is 24.1 Å². The number of aryl methyl sites for hydroxylation is 1. The van der Waals surface area contributed by atoms with Crippen LogP contribution in [-0.2, 0) is 13.0 Å². The summed E-state index contributed by atoms with van der Waals surface area (Å²) in [4.78, 5) is 9.81. The number of nitrogens with one attached hydrogen (secondary N) is 1. The molecule has 3 aromatic heterocycles. The van der Waals surface area contributed by atoms with Crippen molar-refractivity contribution < 1.29 is 5.11 Å². The van der Waals surface area contributed by atoms with Crippen LogP contribution in [0.1, 0.15) is 24.6 Å². The second-order valence-electron chi connectivity index (χ2n) is 5.89. The van der Waals surface area contributed by atoms with Crippen LogP contribution in [0.5, 0.6) is 0 Å². The SMILES string of the molecule is CCCc1cccc2c(-c3cnc(-c4ccc(CO)nc4)s3)[nH]nc12. The van der Waals surface area contributed by atoms with E-state index in [1.165, 1.54) is 5.56 Å². The van der Waals surface area contributed by atoms with E-state index in [-0.39, 0.29) is 6.61 Å². The minimum absolute atomic E-state index is 0.0520. The third kappa shape index (κ3) is 2.94. The summed E-state index contributed by atoms with van der Waals surface area (Å²) in [6.07, 6.45) is 5.75. The van der Waals surface area contributed by atoms with Gasteiger partial charge in [0.05, 0.1) is 28.4 Å². The smallest absolute Gasteiger partial charge is 0.125 e. The van der Waals surface area contributed by atoms with Crippen molar-refractivity contribution in [3.8, 4) is 21.1 Å². The molecular weight excluding hydrogens is 332 g/mol. The van der Waals surface area contributed by atoms with Gasteiger partial charge in [-0.1, -0.05) is 31.5 Å². The maximum absolute atomic E-state index is 9.10. The van der Waals surface area contributed by atoms with Crippen LogP contribution in [0.2, 0.25) is 0 Å². The highest BCUT2D eigenvalue weighted by atomic mass is 32.1. The predicted octanol–water partition coefficient (Wildman–Crippen LogP) is 4.19. The Balaban J connectivity index is 1.72. The van der Waals surface area contributed by atoms with Gasteiger partial charge in [0.1, 0.15) is 5.01 Å². The first kappa shape index (κ1) is 15.9. The van der Waals surface area contributed by atoms with Crippen LogP contribution in [0.15, 0.2) is 42.7 Å². The fourth-order valence-electron chi connectivity index (χ4n) is 2.92. The summed E-state index contributed by atoms with van der Waals surface area (Å²) in [5.41, 5.74) is 4.93. The summed E-state index contributed by atoms with van der Waals surface area (Å²) in [6.45, 7) is 2.13. The Labute approximate surface area is 149 Å². The van der Waals surface area contributed by atoms with Gasteiger partial charge in [-0.25, -0.2) is 4.98 Å². The molecule has 0 aliphatic rings. The minimum atomic E-state index is -0.0520. The molecule has 0 fully saturated rings. The van der Waals surface area contributed by atoms with E-state index in [0.717, 1.165) is 44.9 Å². The third-order valence-corrected chi connectivity index (χ3v) is 5.24. The van der Waals surface area contributed by atoms with Crippen molar-refractivity contribution >= 4 is 22.2 Å². The van der Waals surface area contributed by atoms with Gasteiger partial charge in [0.2, 0.25) is 0 Å². The van der Waals surface area contributed by atoms with E-state index >= 15 is 0 Å². The molecule has 0 aliphatic carbocycles. The van der Waals surface area contributed by atoms with Crippen LogP contribution in [0.4, 0.5) is 0 Å². The average Bonchev–Trinajstić information content (AvgIpc) is 3.29. The molecule has 6 heteroatoms. The zero-order valence-electron chi connectivity index (χ0n) is 13.9. The molecule has 0 spiro atoms. The minimum Gasteiger partial charge on any atom is -0.390 e. The maximum Gasteiger partial charge on any atom is 0.125 e. The number of hydrogen-bond donors (Lipinski definition) is 2. The Hall–Kier alpha value is -2.57. The van der Waals surface area contributed by atoms with Gasteiger partial charge >= 0.3 is 0 Å². The summed E-state index contributed by atoms with van der Waals surface area (Å²) >= 11 is 1.61. The molecule has 0 saturated heterocycles. The predicted molar refractivity (Wildman–Crippen MR) is 100 cm³/mol. The number of H-pyrrole nitrogens is 1. The summed E-state index contributed by atoms with van der Waals surface area (Å²) < 4.78 is 0. The Morgan fingerprint density at radius 2 is 2.04 bits per heavy atom. The number of pyridine rings is 1. The van der Waals surface area contributed by atoms with Crippen LogP contribution in [0, 0.1) is 0 Å².